The van der Waals surface area contributed by atoms with Crippen LogP contribution in [0.4, 0.5) is 0 Å². The Labute approximate surface area is 98.1 Å². The van der Waals surface area contributed by atoms with Crippen LogP contribution in [-0.4, -0.2) is 43.2 Å². The number of nitrogens with zero attached hydrogens (tertiary/aromatic N) is 1. The minimum absolute atomic E-state index is 0.165. The Morgan fingerprint density at radius 3 is 2.88 bits per heavy atom. The first-order chi connectivity index (χ1) is 7.77. The molecule has 94 valence electrons. The van der Waals surface area contributed by atoms with Crippen molar-refractivity contribution in [3.8, 4) is 0 Å². The first-order valence-electron chi connectivity index (χ1n) is 6.37. The number of nitrogens with two attached hydrogens (primary N) is 1. The van der Waals surface area contributed by atoms with Gasteiger partial charge in [0.25, 0.3) is 0 Å². The van der Waals surface area contributed by atoms with Crippen LogP contribution < -0.4 is 5.73 Å². The van der Waals surface area contributed by atoms with Crippen molar-refractivity contribution < 1.29 is 9.53 Å². The Kier molecular flexibility index (Phi) is 6.42. The standard InChI is InChI=1S/C12H24N2O2/c1-2-8-14(12(15)6-7-13)10-11-5-3-4-9-16-11/h11H,2-10,13H2,1H3/t11-/m1/s1. The highest BCUT2D eigenvalue weighted by molar-refractivity contribution is 5.76. The smallest absolute Gasteiger partial charge is 0.223 e. The zero-order valence-corrected chi connectivity index (χ0v) is 10.3. The summed E-state index contributed by atoms with van der Waals surface area (Å²) in [5.74, 6) is 0.165. The highest BCUT2D eigenvalue weighted by Gasteiger charge is 2.20. The molecule has 0 spiro atoms. The Balaban J connectivity index is 2.39. The van der Waals surface area contributed by atoms with E-state index in [4.69, 9.17) is 10.5 Å². The summed E-state index contributed by atoms with van der Waals surface area (Å²) in [6.07, 6.45) is 5.13. The summed E-state index contributed by atoms with van der Waals surface area (Å²) in [6.45, 7) is 4.93. The summed E-state index contributed by atoms with van der Waals surface area (Å²) < 4.78 is 5.66. The average Bonchev–Trinajstić information content (AvgIpc) is 2.30. The Morgan fingerprint density at radius 2 is 2.31 bits per heavy atom. The SMILES string of the molecule is CCCN(C[C@H]1CCCCO1)C(=O)CCN. The highest BCUT2D eigenvalue weighted by Crippen LogP contribution is 2.14. The molecule has 0 unspecified atom stereocenters. The van der Waals surface area contributed by atoms with Gasteiger partial charge >= 0.3 is 0 Å². The minimum atomic E-state index is 0.165. The molecule has 1 atom stereocenters. The maximum atomic E-state index is 11.8. The third-order valence-corrected chi connectivity index (χ3v) is 2.90. The van der Waals surface area contributed by atoms with Gasteiger partial charge in [0.05, 0.1) is 6.10 Å². The largest absolute Gasteiger partial charge is 0.376 e. The van der Waals surface area contributed by atoms with E-state index in [-0.39, 0.29) is 12.0 Å². The Bertz CT molecular complexity index is 203. The molecule has 1 fully saturated rings. The van der Waals surface area contributed by atoms with Crippen molar-refractivity contribution in [1.82, 2.24) is 4.90 Å². The topological polar surface area (TPSA) is 55.6 Å². The molecule has 0 bridgehead atoms. The van der Waals surface area contributed by atoms with Gasteiger partial charge in [0.15, 0.2) is 0 Å². The lowest BCUT2D eigenvalue weighted by molar-refractivity contribution is -0.133. The number of amides is 1. The molecular formula is C12H24N2O2. The lowest BCUT2D eigenvalue weighted by Crippen LogP contribution is -2.40. The highest BCUT2D eigenvalue weighted by atomic mass is 16.5. The van der Waals surface area contributed by atoms with E-state index in [1.807, 2.05) is 4.90 Å². The normalized spacial score (nSPS) is 20.8. The van der Waals surface area contributed by atoms with Crippen molar-refractivity contribution in [3.05, 3.63) is 0 Å². The van der Waals surface area contributed by atoms with Gasteiger partial charge < -0.3 is 15.4 Å². The summed E-state index contributed by atoms with van der Waals surface area (Å²) in [7, 11) is 0. The van der Waals surface area contributed by atoms with Crippen molar-refractivity contribution in [3.63, 3.8) is 0 Å². The molecule has 0 aromatic carbocycles. The fourth-order valence-electron chi connectivity index (χ4n) is 2.07. The monoisotopic (exact) mass is 228 g/mol. The van der Waals surface area contributed by atoms with Crippen LogP contribution in [0.5, 0.6) is 0 Å². The van der Waals surface area contributed by atoms with Crippen molar-refractivity contribution >= 4 is 5.91 Å². The molecule has 1 aliphatic heterocycles. The molecule has 16 heavy (non-hydrogen) atoms. The maximum absolute atomic E-state index is 11.8. The summed E-state index contributed by atoms with van der Waals surface area (Å²) in [6, 6.07) is 0. The van der Waals surface area contributed by atoms with Crippen LogP contribution in [0.2, 0.25) is 0 Å². The van der Waals surface area contributed by atoms with Crippen molar-refractivity contribution in [1.29, 1.82) is 0 Å². The molecule has 0 saturated carbocycles. The lowest BCUT2D eigenvalue weighted by Gasteiger charge is -2.29. The van der Waals surface area contributed by atoms with Crippen LogP contribution >= 0.6 is 0 Å². The summed E-state index contributed by atoms with van der Waals surface area (Å²) in [5.41, 5.74) is 5.42. The number of hydrogen-bond donors (Lipinski definition) is 1. The van der Waals surface area contributed by atoms with Gasteiger partial charge in [0, 0.05) is 32.7 Å². The van der Waals surface area contributed by atoms with Gasteiger partial charge in [-0.05, 0) is 25.7 Å². The van der Waals surface area contributed by atoms with E-state index in [2.05, 4.69) is 6.92 Å². The van der Waals surface area contributed by atoms with E-state index in [9.17, 15) is 4.79 Å². The van der Waals surface area contributed by atoms with E-state index in [1.165, 1.54) is 6.42 Å². The van der Waals surface area contributed by atoms with Crippen molar-refractivity contribution in [2.24, 2.45) is 5.73 Å². The first kappa shape index (κ1) is 13.5. The van der Waals surface area contributed by atoms with Gasteiger partial charge in [-0.15, -0.1) is 0 Å². The molecular weight excluding hydrogens is 204 g/mol. The zero-order chi connectivity index (χ0) is 11.8. The van der Waals surface area contributed by atoms with Crippen LogP contribution in [0.15, 0.2) is 0 Å². The molecule has 2 N–H and O–H groups in total. The number of carbonyl (C=O) groups excluding carboxylic acids is 1. The summed E-state index contributed by atoms with van der Waals surface area (Å²) in [4.78, 5) is 13.7. The third kappa shape index (κ3) is 4.49. The number of hydrogen-bond acceptors (Lipinski definition) is 3. The summed E-state index contributed by atoms with van der Waals surface area (Å²) in [5, 5.41) is 0. The van der Waals surface area contributed by atoms with E-state index in [0.717, 1.165) is 39.0 Å². The fourth-order valence-corrected chi connectivity index (χ4v) is 2.07. The zero-order valence-electron chi connectivity index (χ0n) is 10.3. The molecule has 0 radical (unpaired) electrons. The second kappa shape index (κ2) is 7.63. The van der Waals surface area contributed by atoms with E-state index in [0.29, 0.717) is 13.0 Å². The van der Waals surface area contributed by atoms with Crippen molar-refractivity contribution in [2.45, 2.75) is 45.1 Å². The lowest BCUT2D eigenvalue weighted by atomic mass is 10.1. The van der Waals surface area contributed by atoms with Crippen molar-refractivity contribution in [2.75, 3.05) is 26.2 Å². The molecule has 1 aliphatic rings. The van der Waals surface area contributed by atoms with Crippen LogP contribution in [0.1, 0.15) is 39.0 Å². The first-order valence-corrected chi connectivity index (χ1v) is 6.37. The Hall–Kier alpha value is -0.610. The fraction of sp³-hybridized carbons (Fsp3) is 0.917. The molecule has 0 aromatic heterocycles. The van der Waals surface area contributed by atoms with Crippen LogP contribution in [0.25, 0.3) is 0 Å². The van der Waals surface area contributed by atoms with Crippen LogP contribution in [0, 0.1) is 0 Å². The minimum Gasteiger partial charge on any atom is -0.376 e. The van der Waals surface area contributed by atoms with Gasteiger partial charge in [-0.3, -0.25) is 4.79 Å². The number of rotatable bonds is 6. The molecule has 0 aromatic rings. The van der Waals surface area contributed by atoms with Gasteiger partial charge in [-0.1, -0.05) is 6.92 Å². The van der Waals surface area contributed by atoms with Crippen LogP contribution in [0.3, 0.4) is 0 Å². The van der Waals surface area contributed by atoms with E-state index >= 15 is 0 Å². The van der Waals surface area contributed by atoms with Gasteiger partial charge in [0.2, 0.25) is 5.91 Å². The molecule has 1 saturated heterocycles. The van der Waals surface area contributed by atoms with E-state index in [1.54, 1.807) is 0 Å². The van der Waals surface area contributed by atoms with E-state index < -0.39 is 0 Å². The third-order valence-electron chi connectivity index (χ3n) is 2.90. The Morgan fingerprint density at radius 1 is 1.50 bits per heavy atom. The predicted octanol–water partition coefficient (Wildman–Crippen LogP) is 1.14. The molecule has 1 rings (SSSR count). The molecule has 1 heterocycles. The second-order valence-electron chi connectivity index (χ2n) is 4.37. The van der Waals surface area contributed by atoms with Gasteiger partial charge in [-0.2, -0.15) is 0 Å². The summed E-state index contributed by atoms with van der Waals surface area (Å²) >= 11 is 0. The molecule has 1 amide bonds. The van der Waals surface area contributed by atoms with Gasteiger partial charge in [-0.25, -0.2) is 0 Å². The molecule has 0 aliphatic carbocycles. The predicted molar refractivity (Wildman–Crippen MR) is 64.1 cm³/mol. The number of carbonyl (C=O) groups is 1. The van der Waals surface area contributed by atoms with Crippen LogP contribution in [-0.2, 0) is 9.53 Å². The molecule has 4 heteroatoms. The molecule has 4 nitrogen and oxygen atoms in total. The van der Waals surface area contributed by atoms with Gasteiger partial charge in [0.1, 0.15) is 0 Å². The average molecular weight is 228 g/mol. The quantitative estimate of drug-likeness (QED) is 0.742. The second-order valence-corrected chi connectivity index (χ2v) is 4.37. The maximum Gasteiger partial charge on any atom is 0.223 e. The number of ether oxygens (including phenoxy) is 1.